The summed E-state index contributed by atoms with van der Waals surface area (Å²) >= 11 is 0. The normalized spacial score (nSPS) is 20.7. The molecule has 0 aliphatic carbocycles. The molecule has 3 heterocycles. The number of aryl methyl sites for hydroxylation is 2. The van der Waals surface area contributed by atoms with Gasteiger partial charge in [-0.25, -0.2) is 4.98 Å². The summed E-state index contributed by atoms with van der Waals surface area (Å²) in [7, 11) is 0. The molecule has 1 atom stereocenters. The molecule has 0 amide bonds. The minimum absolute atomic E-state index is 0.573. The Kier molecular flexibility index (Phi) is 2.92. The molecule has 102 valence electrons. The van der Waals surface area contributed by atoms with Crippen molar-refractivity contribution in [2.24, 2.45) is 0 Å². The molecule has 1 N–H and O–H groups in total. The van der Waals surface area contributed by atoms with Crippen LogP contribution in [0.2, 0.25) is 0 Å². The summed E-state index contributed by atoms with van der Waals surface area (Å²) in [6.45, 7) is 1.77. The second-order valence-electron chi connectivity index (χ2n) is 5.61. The number of nitrogens with one attached hydrogen (secondary N) is 1. The van der Waals surface area contributed by atoms with Crippen LogP contribution in [-0.2, 0) is 17.6 Å². The van der Waals surface area contributed by atoms with Crippen LogP contribution in [0.25, 0.3) is 0 Å². The van der Waals surface area contributed by atoms with Crippen molar-refractivity contribution >= 4 is 11.5 Å². The second-order valence-corrected chi connectivity index (χ2v) is 5.61. The van der Waals surface area contributed by atoms with Gasteiger partial charge in [-0.1, -0.05) is 18.2 Å². The maximum Gasteiger partial charge on any atom is 0.133 e. The first kappa shape index (κ1) is 11.9. The highest BCUT2D eigenvalue weighted by molar-refractivity contribution is 5.65. The van der Waals surface area contributed by atoms with E-state index in [1.165, 1.54) is 22.4 Å². The van der Waals surface area contributed by atoms with Crippen LogP contribution in [0.5, 0.6) is 0 Å². The van der Waals surface area contributed by atoms with Crippen molar-refractivity contribution in [2.45, 2.75) is 25.2 Å². The summed E-state index contributed by atoms with van der Waals surface area (Å²) < 4.78 is 5.51. The SMILES string of the molecule is c1cnc2c(c1)CCc1cc(C3CCOC3)ccc1N2. The van der Waals surface area contributed by atoms with Crippen molar-refractivity contribution < 1.29 is 4.74 Å². The van der Waals surface area contributed by atoms with Gasteiger partial charge < -0.3 is 10.1 Å². The predicted octanol–water partition coefficient (Wildman–Crippen LogP) is 3.43. The molecule has 1 fully saturated rings. The molecule has 2 aliphatic heterocycles. The van der Waals surface area contributed by atoms with Gasteiger partial charge in [-0.05, 0) is 48.1 Å². The highest BCUT2D eigenvalue weighted by atomic mass is 16.5. The third-order valence-corrected chi connectivity index (χ3v) is 4.34. The number of hydrogen-bond acceptors (Lipinski definition) is 3. The maximum absolute atomic E-state index is 5.51. The number of pyridine rings is 1. The van der Waals surface area contributed by atoms with E-state index in [0.717, 1.165) is 38.3 Å². The number of rotatable bonds is 1. The van der Waals surface area contributed by atoms with E-state index in [2.05, 4.69) is 34.6 Å². The van der Waals surface area contributed by atoms with Crippen LogP contribution >= 0.6 is 0 Å². The van der Waals surface area contributed by atoms with Crippen molar-refractivity contribution in [2.75, 3.05) is 18.5 Å². The molecule has 1 saturated heterocycles. The van der Waals surface area contributed by atoms with Gasteiger partial charge in [0.2, 0.25) is 0 Å². The van der Waals surface area contributed by atoms with Crippen molar-refractivity contribution in [3.8, 4) is 0 Å². The molecule has 1 unspecified atom stereocenters. The number of ether oxygens (including phenoxy) is 1. The van der Waals surface area contributed by atoms with Gasteiger partial charge >= 0.3 is 0 Å². The van der Waals surface area contributed by atoms with E-state index in [1.807, 2.05) is 12.3 Å². The summed E-state index contributed by atoms with van der Waals surface area (Å²) in [5, 5.41) is 3.48. The topological polar surface area (TPSA) is 34.1 Å². The van der Waals surface area contributed by atoms with Gasteiger partial charge in [0.25, 0.3) is 0 Å². The van der Waals surface area contributed by atoms with Crippen LogP contribution < -0.4 is 5.32 Å². The van der Waals surface area contributed by atoms with Crippen molar-refractivity contribution in [1.82, 2.24) is 4.98 Å². The molecular formula is C17H18N2O. The van der Waals surface area contributed by atoms with Gasteiger partial charge in [0, 0.05) is 24.4 Å². The monoisotopic (exact) mass is 266 g/mol. The zero-order valence-corrected chi connectivity index (χ0v) is 11.4. The number of benzene rings is 1. The molecular weight excluding hydrogens is 248 g/mol. The highest BCUT2D eigenvalue weighted by Crippen LogP contribution is 2.32. The van der Waals surface area contributed by atoms with Crippen LogP contribution in [0, 0.1) is 0 Å². The van der Waals surface area contributed by atoms with E-state index in [9.17, 15) is 0 Å². The largest absolute Gasteiger partial charge is 0.381 e. The van der Waals surface area contributed by atoms with E-state index < -0.39 is 0 Å². The lowest BCUT2D eigenvalue weighted by atomic mass is 9.94. The lowest BCUT2D eigenvalue weighted by molar-refractivity contribution is 0.194. The molecule has 0 spiro atoms. The van der Waals surface area contributed by atoms with Gasteiger partial charge in [-0.2, -0.15) is 0 Å². The number of anilines is 2. The van der Waals surface area contributed by atoms with E-state index in [0.29, 0.717) is 5.92 Å². The van der Waals surface area contributed by atoms with Crippen LogP contribution in [0.3, 0.4) is 0 Å². The zero-order chi connectivity index (χ0) is 13.4. The Morgan fingerprint density at radius 3 is 3.00 bits per heavy atom. The van der Waals surface area contributed by atoms with E-state index in [-0.39, 0.29) is 0 Å². The summed E-state index contributed by atoms with van der Waals surface area (Å²) in [6.07, 6.45) is 5.12. The highest BCUT2D eigenvalue weighted by Gasteiger charge is 2.20. The fraction of sp³-hybridized carbons (Fsp3) is 0.353. The number of nitrogens with zero attached hydrogens (tertiary/aromatic N) is 1. The van der Waals surface area contributed by atoms with Gasteiger partial charge in [-0.3, -0.25) is 0 Å². The average Bonchev–Trinajstić information content (AvgIpc) is 2.95. The van der Waals surface area contributed by atoms with E-state index in [4.69, 9.17) is 4.74 Å². The Bertz CT molecular complexity index is 633. The molecule has 0 bridgehead atoms. The average molecular weight is 266 g/mol. The van der Waals surface area contributed by atoms with Crippen LogP contribution in [-0.4, -0.2) is 18.2 Å². The summed E-state index contributed by atoms with van der Waals surface area (Å²) in [5.41, 5.74) is 5.31. The third kappa shape index (κ3) is 2.08. The van der Waals surface area contributed by atoms with Crippen LogP contribution in [0.15, 0.2) is 36.5 Å². The summed E-state index contributed by atoms with van der Waals surface area (Å²) in [5.74, 6) is 1.58. The minimum Gasteiger partial charge on any atom is -0.381 e. The Morgan fingerprint density at radius 2 is 2.10 bits per heavy atom. The van der Waals surface area contributed by atoms with Crippen molar-refractivity contribution in [3.63, 3.8) is 0 Å². The van der Waals surface area contributed by atoms with Crippen LogP contribution in [0.1, 0.15) is 29.0 Å². The Hall–Kier alpha value is -1.87. The lowest BCUT2D eigenvalue weighted by Crippen LogP contribution is -2.01. The van der Waals surface area contributed by atoms with Gasteiger partial charge in [-0.15, -0.1) is 0 Å². The van der Waals surface area contributed by atoms with Gasteiger partial charge in [0.1, 0.15) is 5.82 Å². The first-order valence-corrected chi connectivity index (χ1v) is 7.31. The fourth-order valence-corrected chi connectivity index (χ4v) is 3.14. The van der Waals surface area contributed by atoms with E-state index in [1.54, 1.807) is 0 Å². The molecule has 0 radical (unpaired) electrons. The van der Waals surface area contributed by atoms with Crippen LogP contribution in [0.4, 0.5) is 11.5 Å². The van der Waals surface area contributed by atoms with E-state index >= 15 is 0 Å². The first-order valence-electron chi connectivity index (χ1n) is 7.31. The molecule has 1 aromatic carbocycles. The number of aromatic nitrogens is 1. The molecule has 2 aromatic rings. The molecule has 4 rings (SSSR count). The zero-order valence-electron chi connectivity index (χ0n) is 11.4. The molecule has 20 heavy (non-hydrogen) atoms. The van der Waals surface area contributed by atoms with Gasteiger partial charge in [0.15, 0.2) is 0 Å². The quantitative estimate of drug-likeness (QED) is 0.858. The molecule has 0 saturated carbocycles. The molecule has 2 aliphatic rings. The maximum atomic E-state index is 5.51. The Morgan fingerprint density at radius 1 is 1.15 bits per heavy atom. The predicted molar refractivity (Wildman–Crippen MR) is 79.5 cm³/mol. The first-order chi connectivity index (χ1) is 9.90. The smallest absolute Gasteiger partial charge is 0.133 e. The molecule has 1 aromatic heterocycles. The minimum atomic E-state index is 0.573. The second kappa shape index (κ2) is 4.91. The summed E-state index contributed by atoms with van der Waals surface area (Å²) in [6, 6.07) is 11.0. The van der Waals surface area contributed by atoms with Crippen molar-refractivity contribution in [1.29, 1.82) is 0 Å². The molecule has 3 heteroatoms. The fourth-order valence-electron chi connectivity index (χ4n) is 3.14. The molecule has 3 nitrogen and oxygen atoms in total. The summed E-state index contributed by atoms with van der Waals surface area (Å²) in [4.78, 5) is 4.45. The standard InChI is InChI=1S/C17H18N2O/c1-2-12-3-4-14-10-13(15-7-9-20-11-15)5-6-16(14)19-17(12)18-8-1/h1-2,5-6,8,10,15H,3-4,7,9,11H2,(H,18,19). The number of hydrogen-bond donors (Lipinski definition) is 1. The van der Waals surface area contributed by atoms with Crippen molar-refractivity contribution in [3.05, 3.63) is 53.2 Å². The third-order valence-electron chi connectivity index (χ3n) is 4.34. The van der Waals surface area contributed by atoms with Gasteiger partial charge in [0.05, 0.1) is 6.61 Å². The Balaban J connectivity index is 1.68. The Labute approximate surface area is 119 Å². The number of fused-ring (bicyclic) bond motifs is 2. The lowest BCUT2D eigenvalue weighted by Gasteiger charge is -2.13.